The number of halogens is 3. The van der Waals surface area contributed by atoms with Crippen LogP contribution in [0.2, 0.25) is 5.02 Å². The highest BCUT2D eigenvalue weighted by Crippen LogP contribution is 2.41. The predicted octanol–water partition coefficient (Wildman–Crippen LogP) is 2.68. The zero-order chi connectivity index (χ0) is 13.5. The Hall–Kier alpha value is -0.710. The average molecular weight is 276 g/mol. The fourth-order valence-electron chi connectivity index (χ4n) is 2.73. The molecular formula is C13H16ClF2NO. The van der Waals surface area contributed by atoms with Crippen LogP contribution in [-0.2, 0) is 5.60 Å². The Bertz CT molecular complexity index is 433. The van der Waals surface area contributed by atoms with Gasteiger partial charge in [0.25, 0.3) is 0 Å². The van der Waals surface area contributed by atoms with Crippen LogP contribution in [0.5, 0.6) is 0 Å². The molecule has 0 amide bonds. The Morgan fingerprint density at radius 1 is 1.22 bits per heavy atom. The minimum atomic E-state index is -1.51. The lowest BCUT2D eigenvalue weighted by molar-refractivity contribution is -0.0856. The number of hydrogen-bond acceptors (Lipinski definition) is 2. The van der Waals surface area contributed by atoms with Crippen molar-refractivity contribution >= 4 is 11.6 Å². The summed E-state index contributed by atoms with van der Waals surface area (Å²) in [7, 11) is 0. The van der Waals surface area contributed by atoms with E-state index in [1.807, 2.05) is 0 Å². The predicted molar refractivity (Wildman–Crippen MR) is 66.5 cm³/mol. The van der Waals surface area contributed by atoms with E-state index in [1.54, 1.807) is 13.8 Å². The summed E-state index contributed by atoms with van der Waals surface area (Å²) >= 11 is 5.61. The lowest BCUT2D eigenvalue weighted by Gasteiger charge is -2.44. The quantitative estimate of drug-likeness (QED) is 0.826. The van der Waals surface area contributed by atoms with Crippen molar-refractivity contribution in [2.75, 3.05) is 13.1 Å². The van der Waals surface area contributed by atoms with Crippen molar-refractivity contribution in [2.24, 2.45) is 11.8 Å². The molecular weight excluding hydrogens is 260 g/mol. The number of hydrogen-bond donors (Lipinski definition) is 2. The van der Waals surface area contributed by atoms with E-state index in [0.717, 1.165) is 12.1 Å². The third-order valence-corrected chi connectivity index (χ3v) is 4.03. The Morgan fingerprint density at radius 3 is 2.11 bits per heavy atom. The molecule has 0 saturated carbocycles. The molecule has 1 aromatic rings. The van der Waals surface area contributed by atoms with Crippen molar-refractivity contribution in [3.05, 3.63) is 34.4 Å². The van der Waals surface area contributed by atoms with Crippen molar-refractivity contribution in [1.82, 2.24) is 5.32 Å². The fraction of sp³-hybridized carbons (Fsp3) is 0.538. The molecule has 1 saturated heterocycles. The Kier molecular flexibility index (Phi) is 3.63. The van der Waals surface area contributed by atoms with Crippen molar-refractivity contribution < 1.29 is 13.9 Å². The molecule has 1 aliphatic heterocycles. The van der Waals surface area contributed by atoms with Gasteiger partial charge >= 0.3 is 0 Å². The molecule has 2 atom stereocenters. The summed E-state index contributed by atoms with van der Waals surface area (Å²) in [5.41, 5.74) is -1.78. The van der Waals surface area contributed by atoms with Gasteiger partial charge in [-0.25, -0.2) is 8.78 Å². The van der Waals surface area contributed by atoms with E-state index in [-0.39, 0.29) is 22.4 Å². The molecule has 2 rings (SSSR count). The van der Waals surface area contributed by atoms with E-state index in [4.69, 9.17) is 11.6 Å². The van der Waals surface area contributed by atoms with E-state index in [2.05, 4.69) is 5.32 Å². The highest BCUT2D eigenvalue weighted by atomic mass is 35.5. The molecule has 1 aromatic carbocycles. The second kappa shape index (κ2) is 4.76. The van der Waals surface area contributed by atoms with Gasteiger partial charge in [0.1, 0.15) is 17.2 Å². The summed E-state index contributed by atoms with van der Waals surface area (Å²) in [4.78, 5) is 0. The highest BCUT2D eigenvalue weighted by Gasteiger charge is 2.46. The molecule has 0 spiro atoms. The normalized spacial score (nSPS) is 32.6. The monoisotopic (exact) mass is 275 g/mol. The van der Waals surface area contributed by atoms with Gasteiger partial charge < -0.3 is 10.4 Å². The van der Waals surface area contributed by atoms with Gasteiger partial charge in [-0.1, -0.05) is 25.4 Å². The standard InChI is InChI=1S/C13H16ClF2NO/c1-7-5-17-6-8(2)13(7,18)12-10(15)3-9(14)4-11(12)16/h3-4,7-8,17-18H,5-6H2,1-2H3. The van der Waals surface area contributed by atoms with E-state index < -0.39 is 17.2 Å². The molecule has 5 heteroatoms. The van der Waals surface area contributed by atoms with E-state index >= 15 is 0 Å². The lowest BCUT2D eigenvalue weighted by Crippen LogP contribution is -2.53. The third kappa shape index (κ3) is 2.02. The molecule has 100 valence electrons. The molecule has 0 aromatic heterocycles. The van der Waals surface area contributed by atoms with Crippen LogP contribution in [0.3, 0.4) is 0 Å². The summed E-state index contributed by atoms with van der Waals surface area (Å²) in [5.74, 6) is -2.15. The Balaban J connectivity index is 2.58. The van der Waals surface area contributed by atoms with Crippen LogP contribution in [0.25, 0.3) is 0 Å². The van der Waals surface area contributed by atoms with Crippen molar-refractivity contribution in [3.8, 4) is 0 Å². The minimum absolute atomic E-state index is 0.00779. The molecule has 0 aliphatic carbocycles. The summed E-state index contributed by atoms with van der Waals surface area (Å²) in [6, 6.07) is 2.08. The van der Waals surface area contributed by atoms with Gasteiger partial charge in [0, 0.05) is 29.9 Å². The molecule has 0 bridgehead atoms. The first kappa shape index (κ1) is 13.7. The summed E-state index contributed by atoms with van der Waals surface area (Å²) in [5, 5.41) is 13.9. The molecule has 1 heterocycles. The van der Waals surface area contributed by atoms with Gasteiger partial charge in [0.05, 0.1) is 5.56 Å². The van der Waals surface area contributed by atoms with E-state index in [9.17, 15) is 13.9 Å². The van der Waals surface area contributed by atoms with Crippen LogP contribution in [0.15, 0.2) is 12.1 Å². The van der Waals surface area contributed by atoms with Gasteiger partial charge in [0.15, 0.2) is 0 Å². The topological polar surface area (TPSA) is 32.3 Å². The number of piperidine rings is 1. The maximum Gasteiger partial charge on any atom is 0.133 e. The summed E-state index contributed by atoms with van der Waals surface area (Å²) in [6.07, 6.45) is 0. The molecule has 18 heavy (non-hydrogen) atoms. The number of rotatable bonds is 1. The van der Waals surface area contributed by atoms with Gasteiger partial charge in [0.2, 0.25) is 0 Å². The van der Waals surface area contributed by atoms with Crippen LogP contribution in [-0.4, -0.2) is 18.2 Å². The number of nitrogens with one attached hydrogen (secondary N) is 1. The summed E-state index contributed by atoms with van der Waals surface area (Å²) < 4.78 is 28.0. The van der Waals surface area contributed by atoms with Crippen molar-refractivity contribution in [2.45, 2.75) is 19.4 Å². The number of benzene rings is 1. The van der Waals surface area contributed by atoms with Crippen LogP contribution >= 0.6 is 11.6 Å². The Morgan fingerprint density at radius 2 is 1.67 bits per heavy atom. The van der Waals surface area contributed by atoms with Crippen LogP contribution in [0.4, 0.5) is 8.78 Å². The zero-order valence-corrected chi connectivity index (χ0v) is 11.1. The van der Waals surface area contributed by atoms with Gasteiger partial charge in [-0.05, 0) is 12.1 Å². The first-order valence-corrected chi connectivity index (χ1v) is 6.33. The number of aliphatic hydroxyl groups is 1. The van der Waals surface area contributed by atoms with Gasteiger partial charge in [-0.15, -0.1) is 0 Å². The van der Waals surface area contributed by atoms with Crippen LogP contribution < -0.4 is 5.32 Å². The van der Waals surface area contributed by atoms with Gasteiger partial charge in [-0.3, -0.25) is 0 Å². The molecule has 1 aliphatic rings. The molecule has 2 nitrogen and oxygen atoms in total. The van der Waals surface area contributed by atoms with Gasteiger partial charge in [-0.2, -0.15) is 0 Å². The maximum atomic E-state index is 14.0. The van der Waals surface area contributed by atoms with Crippen LogP contribution in [0.1, 0.15) is 19.4 Å². The van der Waals surface area contributed by atoms with Crippen LogP contribution in [0, 0.1) is 23.5 Å². The van der Waals surface area contributed by atoms with Crippen molar-refractivity contribution in [1.29, 1.82) is 0 Å². The van der Waals surface area contributed by atoms with E-state index in [0.29, 0.717) is 13.1 Å². The maximum absolute atomic E-state index is 14.0. The molecule has 2 unspecified atom stereocenters. The summed E-state index contributed by atoms with van der Waals surface area (Å²) in [6.45, 7) is 4.58. The molecule has 1 fully saturated rings. The minimum Gasteiger partial charge on any atom is -0.384 e. The smallest absolute Gasteiger partial charge is 0.133 e. The first-order valence-electron chi connectivity index (χ1n) is 5.95. The fourth-order valence-corrected chi connectivity index (χ4v) is 2.92. The molecule has 2 N–H and O–H groups in total. The Labute approximate surface area is 110 Å². The zero-order valence-electron chi connectivity index (χ0n) is 10.3. The second-order valence-corrected chi connectivity index (χ2v) is 5.47. The first-order chi connectivity index (χ1) is 8.37. The largest absolute Gasteiger partial charge is 0.384 e. The third-order valence-electron chi connectivity index (χ3n) is 3.81. The average Bonchev–Trinajstić information content (AvgIpc) is 2.24. The molecule has 0 radical (unpaired) electrons. The lowest BCUT2D eigenvalue weighted by atomic mass is 9.71. The second-order valence-electron chi connectivity index (χ2n) is 5.03. The van der Waals surface area contributed by atoms with Crippen molar-refractivity contribution in [3.63, 3.8) is 0 Å². The highest BCUT2D eigenvalue weighted by molar-refractivity contribution is 6.30. The van der Waals surface area contributed by atoms with E-state index in [1.165, 1.54) is 0 Å². The SMILES string of the molecule is CC1CNCC(C)C1(O)c1c(F)cc(Cl)cc1F.